The average Bonchev–Trinajstić information content (AvgIpc) is 2.82. The average molecular weight is 238 g/mol. The Balaban J connectivity index is 2.47. The maximum absolute atomic E-state index is 11.3. The van der Waals surface area contributed by atoms with E-state index in [9.17, 15) is 4.79 Å². The number of carbonyl (C=O) groups excluding carboxylic acids is 1. The van der Waals surface area contributed by atoms with Crippen LogP contribution >= 0.6 is 0 Å². The van der Waals surface area contributed by atoms with Gasteiger partial charge in [-0.3, -0.25) is 9.48 Å². The highest BCUT2D eigenvalue weighted by Gasteiger charge is 2.11. The molecule has 0 bridgehead atoms. The Morgan fingerprint density at radius 2 is 2.24 bits per heavy atom. The summed E-state index contributed by atoms with van der Waals surface area (Å²) in [5.74, 6) is -0.00800. The molecule has 0 aliphatic rings. The van der Waals surface area contributed by atoms with Gasteiger partial charge in [-0.05, 0) is 26.3 Å². The SMILES string of the molecule is CCC(C)n1ccc(CNC(C)C(=O)NC)n1. The molecule has 0 aliphatic heterocycles. The summed E-state index contributed by atoms with van der Waals surface area (Å²) in [5.41, 5.74) is 0.959. The highest BCUT2D eigenvalue weighted by atomic mass is 16.2. The van der Waals surface area contributed by atoms with Crippen LogP contribution in [0.5, 0.6) is 0 Å². The van der Waals surface area contributed by atoms with Gasteiger partial charge in [0.25, 0.3) is 0 Å². The van der Waals surface area contributed by atoms with Crippen LogP contribution in [0.3, 0.4) is 0 Å². The Morgan fingerprint density at radius 1 is 1.53 bits per heavy atom. The quantitative estimate of drug-likeness (QED) is 0.779. The fourth-order valence-corrected chi connectivity index (χ4v) is 1.47. The van der Waals surface area contributed by atoms with Crippen molar-refractivity contribution in [2.45, 2.75) is 45.8 Å². The monoisotopic (exact) mass is 238 g/mol. The van der Waals surface area contributed by atoms with E-state index in [1.54, 1.807) is 7.05 Å². The Kier molecular flexibility index (Phi) is 5.15. The molecule has 0 saturated carbocycles. The minimum absolute atomic E-state index is 0.00800. The van der Waals surface area contributed by atoms with Crippen LogP contribution in [0.25, 0.3) is 0 Å². The van der Waals surface area contributed by atoms with Gasteiger partial charge in [-0.25, -0.2) is 0 Å². The van der Waals surface area contributed by atoms with Crippen molar-refractivity contribution in [3.63, 3.8) is 0 Å². The molecular formula is C12H22N4O. The van der Waals surface area contributed by atoms with E-state index in [-0.39, 0.29) is 11.9 Å². The molecule has 0 radical (unpaired) electrons. The Hall–Kier alpha value is -1.36. The molecule has 96 valence electrons. The molecule has 17 heavy (non-hydrogen) atoms. The van der Waals surface area contributed by atoms with Gasteiger partial charge in [0.2, 0.25) is 5.91 Å². The van der Waals surface area contributed by atoms with Crippen LogP contribution in [0.15, 0.2) is 12.3 Å². The Bertz CT molecular complexity index is 361. The fourth-order valence-electron chi connectivity index (χ4n) is 1.47. The van der Waals surface area contributed by atoms with E-state index < -0.39 is 0 Å². The van der Waals surface area contributed by atoms with Gasteiger partial charge in [0.1, 0.15) is 0 Å². The first-order chi connectivity index (χ1) is 8.08. The first-order valence-electron chi connectivity index (χ1n) is 6.07. The molecule has 2 atom stereocenters. The van der Waals surface area contributed by atoms with E-state index in [1.807, 2.05) is 23.9 Å². The van der Waals surface area contributed by atoms with Crippen molar-refractivity contribution >= 4 is 5.91 Å². The van der Waals surface area contributed by atoms with Gasteiger partial charge < -0.3 is 10.6 Å². The predicted molar refractivity (Wildman–Crippen MR) is 67.6 cm³/mol. The van der Waals surface area contributed by atoms with E-state index in [2.05, 4.69) is 29.6 Å². The molecule has 1 amide bonds. The molecule has 5 heteroatoms. The summed E-state index contributed by atoms with van der Waals surface area (Å²) in [6.45, 7) is 6.72. The minimum atomic E-state index is -0.200. The topological polar surface area (TPSA) is 59.0 Å². The molecule has 5 nitrogen and oxygen atoms in total. The van der Waals surface area contributed by atoms with Gasteiger partial charge in [0, 0.05) is 25.8 Å². The summed E-state index contributed by atoms with van der Waals surface area (Å²) in [6.07, 6.45) is 3.04. The molecule has 0 aliphatic carbocycles. The molecule has 0 spiro atoms. The Labute approximate surface area is 103 Å². The number of likely N-dealkylation sites (N-methyl/N-ethyl adjacent to an activating group) is 1. The first-order valence-corrected chi connectivity index (χ1v) is 6.07. The van der Waals surface area contributed by atoms with Crippen LogP contribution < -0.4 is 10.6 Å². The number of aromatic nitrogens is 2. The van der Waals surface area contributed by atoms with E-state index in [1.165, 1.54) is 0 Å². The second kappa shape index (κ2) is 6.39. The molecule has 1 heterocycles. The number of rotatable bonds is 6. The number of hydrogen-bond acceptors (Lipinski definition) is 3. The van der Waals surface area contributed by atoms with Crippen LogP contribution in [0.1, 0.15) is 38.9 Å². The van der Waals surface area contributed by atoms with Crippen LogP contribution in [0.2, 0.25) is 0 Å². The molecule has 0 saturated heterocycles. The van der Waals surface area contributed by atoms with Crippen molar-refractivity contribution < 1.29 is 4.79 Å². The molecular weight excluding hydrogens is 216 g/mol. The molecule has 2 N–H and O–H groups in total. The summed E-state index contributed by atoms with van der Waals surface area (Å²) in [4.78, 5) is 11.3. The van der Waals surface area contributed by atoms with Crippen LogP contribution in [-0.4, -0.2) is 28.8 Å². The van der Waals surface area contributed by atoms with Crippen molar-refractivity contribution in [1.82, 2.24) is 20.4 Å². The van der Waals surface area contributed by atoms with Crippen LogP contribution in [0.4, 0.5) is 0 Å². The number of amides is 1. The zero-order chi connectivity index (χ0) is 12.8. The number of hydrogen-bond donors (Lipinski definition) is 2. The maximum atomic E-state index is 11.3. The van der Waals surface area contributed by atoms with E-state index in [4.69, 9.17) is 0 Å². The first kappa shape index (κ1) is 13.7. The molecule has 0 aromatic carbocycles. The lowest BCUT2D eigenvalue weighted by atomic mass is 10.3. The molecule has 1 aromatic rings. The van der Waals surface area contributed by atoms with Gasteiger partial charge in [0.15, 0.2) is 0 Å². The summed E-state index contributed by atoms with van der Waals surface area (Å²) in [7, 11) is 1.64. The minimum Gasteiger partial charge on any atom is -0.358 e. The summed E-state index contributed by atoms with van der Waals surface area (Å²) >= 11 is 0. The van der Waals surface area contributed by atoms with Crippen molar-refractivity contribution in [2.75, 3.05) is 7.05 Å². The summed E-state index contributed by atoms with van der Waals surface area (Å²) in [6, 6.07) is 2.20. The molecule has 0 fully saturated rings. The standard InChI is InChI=1S/C12H22N4O/c1-5-9(2)16-7-6-11(15-16)8-14-10(3)12(17)13-4/h6-7,9-10,14H,5,8H2,1-4H3,(H,13,17). The van der Waals surface area contributed by atoms with Crippen molar-refractivity contribution in [2.24, 2.45) is 0 Å². The predicted octanol–water partition coefficient (Wildman–Crippen LogP) is 1.08. The third-order valence-corrected chi connectivity index (χ3v) is 2.94. The lowest BCUT2D eigenvalue weighted by molar-refractivity contribution is -0.122. The molecule has 1 aromatic heterocycles. The number of nitrogens with zero attached hydrogens (tertiary/aromatic N) is 2. The van der Waals surface area contributed by atoms with Gasteiger partial charge in [-0.1, -0.05) is 6.92 Å². The van der Waals surface area contributed by atoms with Crippen LogP contribution in [-0.2, 0) is 11.3 Å². The normalized spacial score (nSPS) is 14.4. The van der Waals surface area contributed by atoms with E-state index in [0.29, 0.717) is 12.6 Å². The third-order valence-electron chi connectivity index (χ3n) is 2.94. The number of carbonyl (C=O) groups is 1. The van der Waals surface area contributed by atoms with Gasteiger partial charge in [0.05, 0.1) is 11.7 Å². The molecule has 2 unspecified atom stereocenters. The smallest absolute Gasteiger partial charge is 0.236 e. The third kappa shape index (κ3) is 3.85. The van der Waals surface area contributed by atoms with Crippen LogP contribution in [0, 0.1) is 0 Å². The highest BCUT2D eigenvalue weighted by molar-refractivity contribution is 5.80. The largest absolute Gasteiger partial charge is 0.358 e. The zero-order valence-corrected chi connectivity index (χ0v) is 11.0. The maximum Gasteiger partial charge on any atom is 0.236 e. The van der Waals surface area contributed by atoms with Gasteiger partial charge in [-0.15, -0.1) is 0 Å². The van der Waals surface area contributed by atoms with E-state index >= 15 is 0 Å². The number of nitrogens with one attached hydrogen (secondary N) is 2. The van der Waals surface area contributed by atoms with Crippen molar-refractivity contribution in [1.29, 1.82) is 0 Å². The van der Waals surface area contributed by atoms with E-state index in [0.717, 1.165) is 12.1 Å². The lowest BCUT2D eigenvalue weighted by Crippen LogP contribution is -2.40. The molecule has 1 rings (SSSR count). The summed E-state index contributed by atoms with van der Waals surface area (Å²) in [5, 5.41) is 10.2. The fraction of sp³-hybridized carbons (Fsp3) is 0.667. The highest BCUT2D eigenvalue weighted by Crippen LogP contribution is 2.09. The van der Waals surface area contributed by atoms with Crippen molar-refractivity contribution in [3.05, 3.63) is 18.0 Å². The second-order valence-corrected chi connectivity index (χ2v) is 4.26. The second-order valence-electron chi connectivity index (χ2n) is 4.26. The summed E-state index contributed by atoms with van der Waals surface area (Å²) < 4.78 is 1.96. The lowest BCUT2D eigenvalue weighted by Gasteiger charge is -2.11. The van der Waals surface area contributed by atoms with Crippen molar-refractivity contribution in [3.8, 4) is 0 Å². The van der Waals surface area contributed by atoms with Gasteiger partial charge in [-0.2, -0.15) is 5.10 Å². The zero-order valence-electron chi connectivity index (χ0n) is 11.0. The Morgan fingerprint density at radius 3 is 2.82 bits per heavy atom. The van der Waals surface area contributed by atoms with Gasteiger partial charge >= 0.3 is 0 Å².